The van der Waals surface area contributed by atoms with E-state index < -0.39 is 12.1 Å². The topological polar surface area (TPSA) is 73.5 Å². The first-order chi connectivity index (χ1) is 12.1. The van der Waals surface area contributed by atoms with Crippen molar-refractivity contribution in [3.05, 3.63) is 35.4 Å². The Morgan fingerprint density at radius 2 is 1.80 bits per heavy atom. The summed E-state index contributed by atoms with van der Waals surface area (Å²) >= 11 is 0. The molecule has 0 saturated carbocycles. The van der Waals surface area contributed by atoms with Gasteiger partial charge in [-0.2, -0.15) is 0 Å². The highest BCUT2D eigenvalue weighted by Gasteiger charge is 2.16. The van der Waals surface area contributed by atoms with E-state index in [0.29, 0.717) is 13.1 Å². The lowest BCUT2D eigenvalue weighted by molar-refractivity contribution is -0.121. The summed E-state index contributed by atoms with van der Waals surface area (Å²) in [5.74, 6) is -0.320. The summed E-state index contributed by atoms with van der Waals surface area (Å²) in [5, 5.41) is 8.11. The van der Waals surface area contributed by atoms with E-state index in [2.05, 4.69) is 39.0 Å². The van der Waals surface area contributed by atoms with Crippen molar-refractivity contribution in [1.29, 1.82) is 0 Å². The Balaban J connectivity index is 1.87. The Bertz CT molecular complexity index is 570. The summed E-state index contributed by atoms with van der Waals surface area (Å²) in [7, 11) is 0. The summed E-state index contributed by atoms with van der Waals surface area (Å²) in [6.45, 7) is 7.95. The molecule has 1 aromatic carbocycles. The number of nitrogens with one attached hydrogen (secondary N) is 3. The first-order valence-corrected chi connectivity index (χ1v) is 9.21. The molecule has 3 amide bonds. The van der Waals surface area contributed by atoms with E-state index in [4.69, 9.17) is 0 Å². The predicted octanol–water partition coefficient (Wildman–Crippen LogP) is 2.00. The number of amides is 3. The number of urea groups is 1. The summed E-state index contributed by atoms with van der Waals surface area (Å²) in [5.41, 5.74) is 2.50. The highest BCUT2D eigenvalue weighted by molar-refractivity contribution is 5.96. The van der Waals surface area contributed by atoms with Crippen molar-refractivity contribution < 1.29 is 9.59 Å². The Morgan fingerprint density at radius 1 is 1.12 bits per heavy atom. The Hall–Kier alpha value is -1.92. The molecule has 0 spiro atoms. The minimum atomic E-state index is -0.452. The molecule has 1 aromatic rings. The van der Waals surface area contributed by atoms with Gasteiger partial charge in [0.05, 0.1) is 6.04 Å². The number of hydrogen-bond donors (Lipinski definition) is 3. The number of nitrogens with zero attached hydrogens (tertiary/aromatic N) is 1. The minimum Gasteiger partial charge on any atom is -0.338 e. The molecule has 2 rings (SSSR count). The first kappa shape index (κ1) is 19.4. The molecule has 25 heavy (non-hydrogen) atoms. The van der Waals surface area contributed by atoms with E-state index in [1.807, 2.05) is 13.0 Å². The largest absolute Gasteiger partial charge is 0.338 e. The third-order valence-corrected chi connectivity index (χ3v) is 4.53. The SMILES string of the molecule is CCNC(=O)NC(=O)C(C)NCc1ccccc1CN1CCCCC1. The maximum absolute atomic E-state index is 12.0. The third kappa shape index (κ3) is 6.48. The standard InChI is InChI=1S/C19H30N4O2/c1-3-20-19(25)22-18(24)15(2)21-13-16-9-5-6-10-17(16)14-23-11-7-4-8-12-23/h5-6,9-10,15,21H,3-4,7-8,11-14H2,1-2H3,(H2,20,22,24,25). The predicted molar refractivity (Wildman–Crippen MR) is 99.1 cm³/mol. The van der Waals surface area contributed by atoms with Crippen molar-refractivity contribution in [3.63, 3.8) is 0 Å². The molecule has 1 unspecified atom stereocenters. The van der Waals surface area contributed by atoms with E-state index in [-0.39, 0.29) is 5.91 Å². The fourth-order valence-corrected chi connectivity index (χ4v) is 3.02. The van der Waals surface area contributed by atoms with Crippen molar-refractivity contribution >= 4 is 11.9 Å². The van der Waals surface area contributed by atoms with Crippen molar-refractivity contribution in [2.75, 3.05) is 19.6 Å². The summed E-state index contributed by atoms with van der Waals surface area (Å²) in [6.07, 6.45) is 3.88. The van der Waals surface area contributed by atoms with Crippen molar-refractivity contribution in [1.82, 2.24) is 20.9 Å². The van der Waals surface area contributed by atoms with Crippen LogP contribution in [0, 0.1) is 0 Å². The van der Waals surface area contributed by atoms with Gasteiger partial charge in [-0.1, -0.05) is 30.7 Å². The average molecular weight is 346 g/mol. The van der Waals surface area contributed by atoms with Gasteiger partial charge < -0.3 is 10.6 Å². The third-order valence-electron chi connectivity index (χ3n) is 4.53. The van der Waals surface area contributed by atoms with Crippen LogP contribution in [0.2, 0.25) is 0 Å². The van der Waals surface area contributed by atoms with E-state index in [0.717, 1.165) is 19.6 Å². The lowest BCUT2D eigenvalue weighted by atomic mass is 10.0. The van der Waals surface area contributed by atoms with Gasteiger partial charge in [0.25, 0.3) is 0 Å². The highest BCUT2D eigenvalue weighted by Crippen LogP contribution is 2.16. The number of piperidine rings is 1. The molecule has 0 aliphatic carbocycles. The van der Waals surface area contributed by atoms with Crippen LogP contribution in [-0.2, 0) is 17.9 Å². The van der Waals surface area contributed by atoms with Crippen molar-refractivity contribution in [2.45, 2.75) is 52.2 Å². The second kappa shape index (κ2) is 10.2. The maximum Gasteiger partial charge on any atom is 0.321 e. The number of hydrogen-bond acceptors (Lipinski definition) is 4. The fraction of sp³-hybridized carbons (Fsp3) is 0.579. The molecule has 1 atom stereocenters. The normalized spacial score (nSPS) is 16.2. The van der Waals surface area contributed by atoms with Gasteiger partial charge in [0.15, 0.2) is 0 Å². The molecule has 1 fully saturated rings. The average Bonchev–Trinajstić information content (AvgIpc) is 2.61. The van der Waals surface area contributed by atoms with Gasteiger partial charge >= 0.3 is 6.03 Å². The molecule has 1 heterocycles. The summed E-state index contributed by atoms with van der Waals surface area (Å²) < 4.78 is 0. The lowest BCUT2D eigenvalue weighted by Crippen LogP contribution is -2.47. The highest BCUT2D eigenvalue weighted by atomic mass is 16.2. The van der Waals surface area contributed by atoms with Crippen LogP contribution < -0.4 is 16.0 Å². The van der Waals surface area contributed by atoms with Crippen LogP contribution in [-0.4, -0.2) is 42.5 Å². The van der Waals surface area contributed by atoms with Gasteiger partial charge in [-0.05, 0) is 50.9 Å². The van der Waals surface area contributed by atoms with Crippen molar-refractivity contribution in [2.24, 2.45) is 0 Å². The second-order valence-electron chi connectivity index (χ2n) is 6.56. The fourth-order valence-electron chi connectivity index (χ4n) is 3.02. The molecule has 1 aliphatic rings. The number of carbonyl (C=O) groups excluding carboxylic acids is 2. The first-order valence-electron chi connectivity index (χ1n) is 9.21. The molecule has 1 saturated heterocycles. The molecule has 6 heteroatoms. The van der Waals surface area contributed by atoms with Crippen molar-refractivity contribution in [3.8, 4) is 0 Å². The maximum atomic E-state index is 12.0. The van der Waals surface area contributed by atoms with E-state index in [1.54, 1.807) is 6.92 Å². The zero-order valence-electron chi connectivity index (χ0n) is 15.3. The lowest BCUT2D eigenvalue weighted by Gasteiger charge is -2.27. The van der Waals surface area contributed by atoms with Gasteiger partial charge in [0, 0.05) is 19.6 Å². The molecule has 0 radical (unpaired) electrons. The summed E-state index contributed by atoms with van der Waals surface area (Å²) in [6, 6.07) is 7.45. The molecule has 138 valence electrons. The zero-order valence-corrected chi connectivity index (χ0v) is 15.3. The van der Waals surface area contributed by atoms with Crippen LogP contribution >= 0.6 is 0 Å². The zero-order chi connectivity index (χ0) is 18.1. The number of rotatable bonds is 7. The van der Waals surface area contributed by atoms with Crippen LogP contribution in [0.5, 0.6) is 0 Å². The molecule has 3 N–H and O–H groups in total. The molecular formula is C19H30N4O2. The Kier molecular flexibility index (Phi) is 7.88. The van der Waals surface area contributed by atoms with Gasteiger partial charge in [-0.3, -0.25) is 15.0 Å². The van der Waals surface area contributed by atoms with Gasteiger partial charge in [0.1, 0.15) is 0 Å². The number of imide groups is 1. The Labute approximate surface area is 150 Å². The van der Waals surface area contributed by atoms with Crippen LogP contribution in [0.15, 0.2) is 24.3 Å². The monoisotopic (exact) mass is 346 g/mol. The minimum absolute atomic E-state index is 0.320. The molecule has 0 bridgehead atoms. The van der Waals surface area contributed by atoms with Crippen LogP contribution in [0.25, 0.3) is 0 Å². The Morgan fingerprint density at radius 3 is 2.48 bits per heavy atom. The number of benzene rings is 1. The number of likely N-dealkylation sites (tertiary alicyclic amines) is 1. The van der Waals surface area contributed by atoms with Crippen LogP contribution in [0.3, 0.4) is 0 Å². The summed E-state index contributed by atoms with van der Waals surface area (Å²) in [4.78, 5) is 25.9. The second-order valence-corrected chi connectivity index (χ2v) is 6.56. The van der Waals surface area contributed by atoms with Gasteiger partial charge in [-0.15, -0.1) is 0 Å². The smallest absolute Gasteiger partial charge is 0.321 e. The molecule has 1 aliphatic heterocycles. The number of carbonyl (C=O) groups is 2. The van der Waals surface area contributed by atoms with Crippen LogP contribution in [0.4, 0.5) is 4.79 Å². The molecule has 0 aromatic heterocycles. The van der Waals surface area contributed by atoms with Crippen LogP contribution in [0.1, 0.15) is 44.2 Å². The van der Waals surface area contributed by atoms with Gasteiger partial charge in [-0.25, -0.2) is 4.79 Å². The van der Waals surface area contributed by atoms with Gasteiger partial charge in [0.2, 0.25) is 5.91 Å². The van der Waals surface area contributed by atoms with E-state index in [9.17, 15) is 9.59 Å². The van der Waals surface area contributed by atoms with E-state index in [1.165, 1.54) is 30.4 Å². The quantitative estimate of drug-likeness (QED) is 0.706. The molecule has 6 nitrogen and oxygen atoms in total. The van der Waals surface area contributed by atoms with E-state index >= 15 is 0 Å². The molecular weight excluding hydrogens is 316 g/mol.